The Morgan fingerprint density at radius 3 is 2.55 bits per heavy atom. The van der Waals surface area contributed by atoms with E-state index < -0.39 is 30.1 Å². The van der Waals surface area contributed by atoms with E-state index in [1.165, 1.54) is 0 Å². The average Bonchev–Trinajstić information content (AvgIpc) is 3.53. The quantitative estimate of drug-likeness (QED) is 0.380. The molecule has 3 atom stereocenters. The van der Waals surface area contributed by atoms with Crippen molar-refractivity contribution in [2.45, 2.75) is 38.0 Å². The highest BCUT2D eigenvalue weighted by molar-refractivity contribution is 7.98. The molecule has 29 heavy (non-hydrogen) atoms. The van der Waals surface area contributed by atoms with E-state index >= 15 is 0 Å². The Bertz CT molecular complexity index is 697. The Hall–Kier alpha value is -2.26. The molecule has 1 fully saturated rings. The molecule has 0 aromatic heterocycles. The number of hydrogen-bond donors (Lipinski definition) is 2. The third-order valence-electron chi connectivity index (χ3n) is 4.38. The van der Waals surface area contributed by atoms with Crippen LogP contribution in [0.15, 0.2) is 24.3 Å². The van der Waals surface area contributed by atoms with Crippen molar-refractivity contribution in [1.82, 2.24) is 10.6 Å². The molecule has 0 aliphatic carbocycles. The molecule has 1 saturated heterocycles. The molecule has 2 amide bonds. The maximum atomic E-state index is 12.5. The summed E-state index contributed by atoms with van der Waals surface area (Å²) in [5, 5.41) is 5.55. The van der Waals surface area contributed by atoms with Crippen LogP contribution in [-0.4, -0.2) is 68.3 Å². The summed E-state index contributed by atoms with van der Waals surface area (Å²) in [6, 6.07) is 6.94. The molecule has 0 unspecified atom stereocenters. The third kappa shape index (κ3) is 7.25. The molecule has 0 radical (unpaired) electrons. The summed E-state index contributed by atoms with van der Waals surface area (Å²) in [5.41, 5.74) is 1.07. The van der Waals surface area contributed by atoms with Crippen molar-refractivity contribution in [2.75, 3.05) is 32.3 Å². The van der Waals surface area contributed by atoms with Crippen LogP contribution in [0.4, 0.5) is 0 Å². The standard InChI is InChI=1S/C20H28N2O6S/c1-4-27-20(25)17-16(28-17)19(24)22-15(10-12-29-3)18(23)21-11-9-13-5-7-14(26-2)8-6-13/h5-8,15-17H,4,9-12H2,1-3H3,(H,21,23)(H,22,24)/t15-,16-,17-/m0/s1. The minimum Gasteiger partial charge on any atom is -0.497 e. The lowest BCUT2D eigenvalue weighted by Crippen LogP contribution is -2.49. The molecule has 2 N–H and O–H groups in total. The fourth-order valence-electron chi connectivity index (χ4n) is 2.72. The van der Waals surface area contributed by atoms with Crippen LogP contribution in [0.25, 0.3) is 0 Å². The Balaban J connectivity index is 1.82. The number of methoxy groups -OCH3 is 1. The van der Waals surface area contributed by atoms with Crippen LogP contribution in [-0.2, 0) is 30.3 Å². The zero-order valence-corrected chi connectivity index (χ0v) is 17.8. The minimum atomic E-state index is -0.891. The lowest BCUT2D eigenvalue weighted by Gasteiger charge is -2.18. The number of carbonyl (C=O) groups is 3. The van der Waals surface area contributed by atoms with E-state index in [2.05, 4.69) is 10.6 Å². The zero-order valence-electron chi connectivity index (χ0n) is 16.9. The van der Waals surface area contributed by atoms with Crippen LogP contribution in [0.3, 0.4) is 0 Å². The summed E-state index contributed by atoms with van der Waals surface area (Å²) in [6.45, 7) is 2.35. The molecular weight excluding hydrogens is 396 g/mol. The Morgan fingerprint density at radius 1 is 1.21 bits per heavy atom. The smallest absolute Gasteiger partial charge is 0.338 e. The first-order valence-corrected chi connectivity index (χ1v) is 10.9. The molecular formula is C20H28N2O6S. The molecule has 1 heterocycles. The Kier molecular flexibility index (Phi) is 9.27. The van der Waals surface area contributed by atoms with Gasteiger partial charge in [-0.1, -0.05) is 12.1 Å². The van der Waals surface area contributed by atoms with Gasteiger partial charge in [-0.05, 0) is 49.5 Å². The summed E-state index contributed by atoms with van der Waals surface area (Å²) < 4.78 is 15.1. The second-order valence-electron chi connectivity index (χ2n) is 6.46. The highest BCUT2D eigenvalue weighted by Gasteiger charge is 2.52. The molecule has 9 heteroatoms. The number of carbonyl (C=O) groups excluding carboxylic acids is 3. The van der Waals surface area contributed by atoms with Gasteiger partial charge >= 0.3 is 5.97 Å². The predicted molar refractivity (Wildman–Crippen MR) is 110 cm³/mol. The van der Waals surface area contributed by atoms with Gasteiger partial charge in [-0.3, -0.25) is 9.59 Å². The monoisotopic (exact) mass is 424 g/mol. The van der Waals surface area contributed by atoms with Gasteiger partial charge in [-0.15, -0.1) is 0 Å². The van der Waals surface area contributed by atoms with E-state index in [4.69, 9.17) is 14.2 Å². The lowest BCUT2D eigenvalue weighted by molar-refractivity contribution is -0.144. The van der Waals surface area contributed by atoms with Crippen LogP contribution in [0.1, 0.15) is 18.9 Å². The number of hydrogen-bond acceptors (Lipinski definition) is 7. The van der Waals surface area contributed by atoms with Crippen LogP contribution < -0.4 is 15.4 Å². The van der Waals surface area contributed by atoms with E-state index in [0.29, 0.717) is 25.1 Å². The van der Waals surface area contributed by atoms with Crippen molar-refractivity contribution in [1.29, 1.82) is 0 Å². The van der Waals surface area contributed by atoms with Gasteiger partial charge in [0.25, 0.3) is 5.91 Å². The Morgan fingerprint density at radius 2 is 1.93 bits per heavy atom. The third-order valence-corrected chi connectivity index (χ3v) is 5.03. The maximum Gasteiger partial charge on any atom is 0.338 e. The van der Waals surface area contributed by atoms with Crippen molar-refractivity contribution in [2.24, 2.45) is 0 Å². The van der Waals surface area contributed by atoms with Gasteiger partial charge in [-0.25, -0.2) is 4.79 Å². The average molecular weight is 425 g/mol. The molecule has 0 spiro atoms. The zero-order chi connectivity index (χ0) is 21.2. The number of benzene rings is 1. The van der Waals surface area contributed by atoms with Gasteiger partial charge in [0.15, 0.2) is 12.2 Å². The normalized spacial score (nSPS) is 18.4. The summed E-state index contributed by atoms with van der Waals surface area (Å²) >= 11 is 1.59. The first-order chi connectivity index (χ1) is 14.0. The first-order valence-electron chi connectivity index (χ1n) is 9.52. The molecule has 2 rings (SSSR count). The largest absolute Gasteiger partial charge is 0.497 e. The molecule has 0 saturated carbocycles. The molecule has 0 bridgehead atoms. The van der Waals surface area contributed by atoms with Gasteiger partial charge in [0.05, 0.1) is 13.7 Å². The second-order valence-corrected chi connectivity index (χ2v) is 7.45. The number of ether oxygens (including phenoxy) is 3. The van der Waals surface area contributed by atoms with E-state index in [1.807, 2.05) is 30.5 Å². The van der Waals surface area contributed by atoms with E-state index in [9.17, 15) is 14.4 Å². The summed E-state index contributed by atoms with van der Waals surface area (Å²) in [4.78, 5) is 36.5. The molecule has 1 aliphatic heterocycles. The van der Waals surface area contributed by atoms with Crippen molar-refractivity contribution >= 4 is 29.5 Å². The molecule has 8 nitrogen and oxygen atoms in total. The summed E-state index contributed by atoms with van der Waals surface area (Å²) in [7, 11) is 1.61. The second kappa shape index (κ2) is 11.7. The van der Waals surface area contributed by atoms with Gasteiger partial charge in [-0.2, -0.15) is 11.8 Å². The van der Waals surface area contributed by atoms with Crippen LogP contribution in [0.2, 0.25) is 0 Å². The SMILES string of the molecule is CCOC(=O)[C@H]1O[C@@H]1C(=O)N[C@@H](CCSC)C(=O)NCCc1ccc(OC)cc1. The molecule has 1 aromatic rings. The number of thioether (sulfide) groups is 1. The number of amides is 2. The first kappa shape index (κ1) is 23.0. The van der Waals surface area contributed by atoms with Gasteiger partial charge in [0, 0.05) is 6.54 Å². The van der Waals surface area contributed by atoms with Crippen LogP contribution in [0, 0.1) is 0 Å². The minimum absolute atomic E-state index is 0.222. The highest BCUT2D eigenvalue weighted by atomic mass is 32.2. The van der Waals surface area contributed by atoms with Crippen molar-refractivity contribution in [3.63, 3.8) is 0 Å². The fraction of sp³-hybridized carbons (Fsp3) is 0.550. The van der Waals surface area contributed by atoms with Crippen LogP contribution in [0.5, 0.6) is 5.75 Å². The molecule has 1 aromatic carbocycles. The fourth-order valence-corrected chi connectivity index (χ4v) is 3.19. The maximum absolute atomic E-state index is 12.5. The van der Waals surface area contributed by atoms with Crippen molar-refractivity contribution < 1.29 is 28.6 Å². The summed E-state index contributed by atoms with van der Waals surface area (Å²) in [6.07, 6.45) is 1.31. The number of esters is 1. The van der Waals surface area contributed by atoms with E-state index in [1.54, 1.807) is 25.8 Å². The number of rotatable bonds is 12. The topological polar surface area (TPSA) is 106 Å². The van der Waals surface area contributed by atoms with Crippen molar-refractivity contribution in [3.8, 4) is 5.75 Å². The number of nitrogens with one attached hydrogen (secondary N) is 2. The lowest BCUT2D eigenvalue weighted by atomic mass is 10.1. The highest BCUT2D eigenvalue weighted by Crippen LogP contribution is 2.24. The van der Waals surface area contributed by atoms with E-state index in [0.717, 1.165) is 11.3 Å². The van der Waals surface area contributed by atoms with Crippen molar-refractivity contribution in [3.05, 3.63) is 29.8 Å². The Labute approximate surface area is 175 Å². The van der Waals surface area contributed by atoms with Crippen LogP contribution >= 0.6 is 11.8 Å². The van der Waals surface area contributed by atoms with E-state index in [-0.39, 0.29) is 12.5 Å². The predicted octanol–water partition coefficient (Wildman–Crippen LogP) is 0.922. The summed E-state index contributed by atoms with van der Waals surface area (Å²) in [5.74, 6) is 0.205. The van der Waals surface area contributed by atoms with Gasteiger partial charge in [0.1, 0.15) is 11.8 Å². The number of epoxide rings is 1. The van der Waals surface area contributed by atoms with Gasteiger partial charge in [0.2, 0.25) is 5.91 Å². The van der Waals surface area contributed by atoms with Gasteiger partial charge < -0.3 is 24.8 Å². The molecule has 160 valence electrons. The molecule has 1 aliphatic rings.